The van der Waals surface area contributed by atoms with Crippen molar-refractivity contribution in [2.24, 2.45) is 5.73 Å². The van der Waals surface area contributed by atoms with Gasteiger partial charge in [-0.25, -0.2) is 0 Å². The largest absolute Gasteiger partial charge is 0.392 e. The number of nitrogens with one attached hydrogen (secondary N) is 1. The van der Waals surface area contributed by atoms with Crippen LogP contribution in [0.15, 0.2) is 0 Å². The molecule has 4 nitrogen and oxygen atoms in total. The molecule has 0 aliphatic heterocycles. The molecule has 0 bridgehead atoms. The Morgan fingerprint density at radius 3 is 2.62 bits per heavy atom. The van der Waals surface area contributed by atoms with E-state index in [1.807, 2.05) is 7.05 Å². The first-order valence-corrected chi connectivity index (χ1v) is 4.72. The van der Waals surface area contributed by atoms with E-state index >= 15 is 0 Å². The van der Waals surface area contributed by atoms with Gasteiger partial charge in [0.1, 0.15) is 0 Å². The number of unbranched alkanes of at least 4 members (excludes halogenated alkanes) is 1. The second kappa shape index (κ2) is 6.86. The quantitative estimate of drug-likeness (QED) is 0.307. The molecule has 0 aromatic rings. The number of rotatable bonds is 7. The second-order valence-electron chi connectivity index (χ2n) is 3.59. The third kappa shape index (κ3) is 9.30. The number of amidine groups is 1. The average Bonchev–Trinajstić information content (AvgIpc) is 1.96. The van der Waals surface area contributed by atoms with E-state index in [0.29, 0.717) is 13.0 Å². The number of hydrogen-bond acceptors (Lipinski definition) is 3. The Morgan fingerprint density at radius 1 is 1.54 bits per heavy atom. The third-order valence-electron chi connectivity index (χ3n) is 1.81. The van der Waals surface area contributed by atoms with E-state index in [1.165, 1.54) is 0 Å². The van der Waals surface area contributed by atoms with Crippen molar-refractivity contribution in [3.63, 3.8) is 0 Å². The van der Waals surface area contributed by atoms with Crippen molar-refractivity contribution in [3.05, 3.63) is 0 Å². The van der Waals surface area contributed by atoms with Crippen LogP contribution in [0.25, 0.3) is 0 Å². The maximum Gasteiger partial charge on any atom is 0.0905 e. The number of aliphatic hydroxyl groups excluding tert-OH is 1. The molecular formula is C9H21N3O. The molecule has 0 aromatic carbocycles. The summed E-state index contributed by atoms with van der Waals surface area (Å²) in [5, 5.41) is 16.1. The summed E-state index contributed by atoms with van der Waals surface area (Å²) in [6, 6.07) is 0. The predicted molar refractivity (Wildman–Crippen MR) is 54.9 cm³/mol. The summed E-state index contributed by atoms with van der Waals surface area (Å²) in [4.78, 5) is 2.09. The molecule has 0 saturated carbocycles. The molecular weight excluding hydrogens is 166 g/mol. The molecule has 0 spiro atoms. The standard InChI is InChI=1S/C9H21N3O/c1-8(13)7-12(2)6-4-3-5-9(10)11/h8,13H,3-7H2,1-2H3,(H3,10,11). The minimum absolute atomic E-state index is 0.262. The van der Waals surface area contributed by atoms with Crippen LogP contribution < -0.4 is 5.73 Å². The first-order valence-electron chi connectivity index (χ1n) is 4.72. The van der Waals surface area contributed by atoms with Crippen LogP contribution in [-0.4, -0.2) is 42.1 Å². The van der Waals surface area contributed by atoms with Gasteiger partial charge in [0.25, 0.3) is 0 Å². The van der Waals surface area contributed by atoms with Crippen molar-refractivity contribution in [1.29, 1.82) is 5.41 Å². The zero-order valence-corrected chi connectivity index (χ0v) is 8.58. The second-order valence-corrected chi connectivity index (χ2v) is 3.59. The lowest BCUT2D eigenvalue weighted by Crippen LogP contribution is -2.28. The molecule has 1 unspecified atom stereocenters. The Bertz CT molecular complexity index is 148. The van der Waals surface area contributed by atoms with Crippen LogP contribution in [-0.2, 0) is 0 Å². The molecule has 78 valence electrons. The lowest BCUT2D eigenvalue weighted by molar-refractivity contribution is 0.140. The number of nitrogens with zero attached hydrogens (tertiary/aromatic N) is 1. The average molecular weight is 187 g/mol. The summed E-state index contributed by atoms with van der Waals surface area (Å²) in [7, 11) is 1.99. The van der Waals surface area contributed by atoms with E-state index in [0.717, 1.165) is 19.4 Å². The molecule has 4 heteroatoms. The van der Waals surface area contributed by atoms with Crippen LogP contribution in [0.2, 0.25) is 0 Å². The zero-order chi connectivity index (χ0) is 10.3. The molecule has 1 atom stereocenters. The lowest BCUT2D eigenvalue weighted by atomic mass is 10.2. The van der Waals surface area contributed by atoms with Crippen LogP contribution >= 0.6 is 0 Å². The van der Waals surface area contributed by atoms with Crippen molar-refractivity contribution in [2.45, 2.75) is 32.3 Å². The highest BCUT2D eigenvalue weighted by atomic mass is 16.3. The molecule has 0 aliphatic carbocycles. The van der Waals surface area contributed by atoms with Gasteiger partial charge in [0.15, 0.2) is 0 Å². The van der Waals surface area contributed by atoms with Gasteiger partial charge in [-0.15, -0.1) is 0 Å². The zero-order valence-electron chi connectivity index (χ0n) is 8.58. The number of likely N-dealkylation sites (N-methyl/N-ethyl adjacent to an activating group) is 1. The molecule has 0 heterocycles. The SMILES string of the molecule is CC(O)CN(C)CCCCC(=N)N. The number of nitrogens with two attached hydrogens (primary N) is 1. The Labute approximate surface area is 80.2 Å². The molecule has 0 amide bonds. The minimum Gasteiger partial charge on any atom is -0.392 e. The maximum atomic E-state index is 9.07. The molecule has 0 rings (SSSR count). The summed E-state index contributed by atoms with van der Waals surface area (Å²) in [5.74, 6) is 0.262. The summed E-state index contributed by atoms with van der Waals surface area (Å²) >= 11 is 0. The summed E-state index contributed by atoms with van der Waals surface area (Å²) in [5.41, 5.74) is 5.22. The van der Waals surface area contributed by atoms with Crippen molar-refractivity contribution < 1.29 is 5.11 Å². The van der Waals surface area contributed by atoms with Gasteiger partial charge in [0.05, 0.1) is 11.9 Å². The molecule has 0 aromatic heterocycles. The van der Waals surface area contributed by atoms with Gasteiger partial charge in [-0.2, -0.15) is 0 Å². The van der Waals surface area contributed by atoms with E-state index in [9.17, 15) is 0 Å². The van der Waals surface area contributed by atoms with E-state index < -0.39 is 0 Å². The van der Waals surface area contributed by atoms with Gasteiger partial charge in [-0.3, -0.25) is 5.41 Å². The smallest absolute Gasteiger partial charge is 0.0905 e. The Balaban J connectivity index is 3.26. The van der Waals surface area contributed by atoms with Crippen LogP contribution in [0.3, 0.4) is 0 Å². The van der Waals surface area contributed by atoms with Gasteiger partial charge in [0.2, 0.25) is 0 Å². The van der Waals surface area contributed by atoms with E-state index in [4.69, 9.17) is 16.2 Å². The summed E-state index contributed by atoms with van der Waals surface area (Å²) in [6.07, 6.45) is 2.41. The number of aliphatic hydroxyl groups is 1. The van der Waals surface area contributed by atoms with Crippen LogP contribution in [0.5, 0.6) is 0 Å². The lowest BCUT2D eigenvalue weighted by Gasteiger charge is -2.17. The predicted octanol–water partition coefficient (Wildman–Crippen LogP) is 0.405. The van der Waals surface area contributed by atoms with E-state index in [-0.39, 0.29) is 11.9 Å². The van der Waals surface area contributed by atoms with Gasteiger partial charge >= 0.3 is 0 Å². The molecule has 0 saturated heterocycles. The van der Waals surface area contributed by atoms with Crippen LogP contribution in [0.1, 0.15) is 26.2 Å². The minimum atomic E-state index is -0.266. The van der Waals surface area contributed by atoms with Gasteiger partial charge in [-0.1, -0.05) is 0 Å². The molecule has 4 N–H and O–H groups in total. The van der Waals surface area contributed by atoms with Crippen molar-refractivity contribution in [2.75, 3.05) is 20.1 Å². The summed E-state index contributed by atoms with van der Waals surface area (Å²) < 4.78 is 0. The monoisotopic (exact) mass is 187 g/mol. The first kappa shape index (κ1) is 12.4. The van der Waals surface area contributed by atoms with Gasteiger partial charge in [-0.05, 0) is 33.4 Å². The van der Waals surface area contributed by atoms with E-state index in [2.05, 4.69) is 4.90 Å². The highest BCUT2D eigenvalue weighted by molar-refractivity contribution is 5.76. The van der Waals surface area contributed by atoms with E-state index in [1.54, 1.807) is 6.92 Å². The third-order valence-corrected chi connectivity index (χ3v) is 1.81. The molecule has 13 heavy (non-hydrogen) atoms. The fourth-order valence-electron chi connectivity index (χ4n) is 1.24. The number of hydrogen-bond donors (Lipinski definition) is 3. The normalized spacial score (nSPS) is 13.2. The topological polar surface area (TPSA) is 73.3 Å². The maximum absolute atomic E-state index is 9.07. The highest BCUT2D eigenvalue weighted by Crippen LogP contribution is 1.97. The van der Waals surface area contributed by atoms with Crippen molar-refractivity contribution >= 4 is 5.84 Å². The first-order chi connectivity index (χ1) is 6.02. The van der Waals surface area contributed by atoms with Crippen LogP contribution in [0.4, 0.5) is 0 Å². The van der Waals surface area contributed by atoms with Gasteiger partial charge < -0.3 is 15.7 Å². The van der Waals surface area contributed by atoms with Gasteiger partial charge in [0, 0.05) is 13.0 Å². The molecule has 0 fully saturated rings. The summed E-state index contributed by atoms with van der Waals surface area (Å²) in [6.45, 7) is 3.45. The fraction of sp³-hybridized carbons (Fsp3) is 0.889. The Hall–Kier alpha value is -0.610. The van der Waals surface area contributed by atoms with Crippen molar-refractivity contribution in [1.82, 2.24) is 4.90 Å². The van der Waals surface area contributed by atoms with Crippen LogP contribution in [0, 0.1) is 5.41 Å². The molecule has 0 radical (unpaired) electrons. The Kier molecular flexibility index (Phi) is 6.54. The fourth-order valence-corrected chi connectivity index (χ4v) is 1.24. The van der Waals surface area contributed by atoms with Crippen molar-refractivity contribution in [3.8, 4) is 0 Å². The molecule has 0 aliphatic rings. The highest BCUT2D eigenvalue weighted by Gasteiger charge is 2.01. The Morgan fingerprint density at radius 2 is 2.15 bits per heavy atom.